The van der Waals surface area contributed by atoms with Crippen molar-refractivity contribution >= 4 is 17.5 Å². The van der Waals surface area contributed by atoms with Crippen molar-refractivity contribution in [3.05, 3.63) is 84.4 Å². The summed E-state index contributed by atoms with van der Waals surface area (Å²) < 4.78 is 11.3. The summed E-state index contributed by atoms with van der Waals surface area (Å²) in [5.41, 5.74) is 1.67. The molecule has 1 unspecified atom stereocenters. The van der Waals surface area contributed by atoms with E-state index in [0.717, 1.165) is 17.0 Å². The summed E-state index contributed by atoms with van der Waals surface area (Å²) in [6, 6.07) is 23.8. The van der Waals surface area contributed by atoms with E-state index < -0.39 is 0 Å². The standard InChI is InChI=1S/C25H26N2O4/c1-3-24(28)27-20-11-9-19(10-12-20)18(2)26-25(29)17-30-21-13-15-23(16-14-21)31-22-7-5-4-6-8-22/h4-16,18H,3,17H2,1-2H3,(H,26,29)(H,27,28). The number of anilines is 1. The molecule has 6 heteroatoms. The molecule has 160 valence electrons. The summed E-state index contributed by atoms with van der Waals surface area (Å²) in [6.07, 6.45) is 0.428. The third kappa shape index (κ3) is 6.89. The first kappa shape index (κ1) is 21.9. The molecule has 0 saturated heterocycles. The van der Waals surface area contributed by atoms with Gasteiger partial charge in [0.15, 0.2) is 6.61 Å². The van der Waals surface area contributed by atoms with Crippen LogP contribution in [0.25, 0.3) is 0 Å². The fourth-order valence-corrected chi connectivity index (χ4v) is 2.85. The van der Waals surface area contributed by atoms with E-state index >= 15 is 0 Å². The Kier molecular flexibility index (Phi) is 7.65. The number of amides is 2. The van der Waals surface area contributed by atoms with Crippen molar-refractivity contribution in [3.8, 4) is 17.2 Å². The number of para-hydroxylation sites is 1. The first-order valence-corrected chi connectivity index (χ1v) is 10.2. The maximum atomic E-state index is 12.2. The molecule has 31 heavy (non-hydrogen) atoms. The largest absolute Gasteiger partial charge is 0.484 e. The van der Waals surface area contributed by atoms with E-state index in [0.29, 0.717) is 17.9 Å². The van der Waals surface area contributed by atoms with E-state index in [2.05, 4.69) is 10.6 Å². The van der Waals surface area contributed by atoms with E-state index in [1.165, 1.54) is 0 Å². The Balaban J connectivity index is 1.45. The summed E-state index contributed by atoms with van der Waals surface area (Å²) in [5.74, 6) is 1.77. The number of nitrogens with one attached hydrogen (secondary N) is 2. The molecule has 0 aliphatic rings. The second-order valence-electron chi connectivity index (χ2n) is 6.99. The number of carbonyl (C=O) groups is 2. The average Bonchev–Trinajstić information content (AvgIpc) is 2.79. The number of benzene rings is 3. The Hall–Kier alpha value is -3.80. The molecule has 3 aromatic rings. The maximum Gasteiger partial charge on any atom is 0.258 e. The third-order valence-electron chi connectivity index (χ3n) is 4.57. The Morgan fingerprint density at radius 3 is 2.06 bits per heavy atom. The Morgan fingerprint density at radius 2 is 1.42 bits per heavy atom. The predicted octanol–water partition coefficient (Wildman–Crippen LogP) is 5.08. The van der Waals surface area contributed by atoms with Gasteiger partial charge >= 0.3 is 0 Å². The molecule has 2 amide bonds. The van der Waals surface area contributed by atoms with Gasteiger partial charge in [0.05, 0.1) is 6.04 Å². The number of ether oxygens (including phenoxy) is 2. The van der Waals surface area contributed by atoms with Crippen LogP contribution >= 0.6 is 0 Å². The lowest BCUT2D eigenvalue weighted by Crippen LogP contribution is -2.31. The summed E-state index contributed by atoms with van der Waals surface area (Å²) in [6.45, 7) is 3.61. The highest BCUT2D eigenvalue weighted by molar-refractivity contribution is 5.90. The van der Waals surface area contributed by atoms with Gasteiger partial charge in [-0.3, -0.25) is 9.59 Å². The second kappa shape index (κ2) is 10.8. The van der Waals surface area contributed by atoms with Crippen molar-refractivity contribution in [3.63, 3.8) is 0 Å². The second-order valence-corrected chi connectivity index (χ2v) is 6.99. The Morgan fingerprint density at radius 1 is 0.806 bits per heavy atom. The monoisotopic (exact) mass is 418 g/mol. The van der Waals surface area contributed by atoms with Crippen molar-refractivity contribution in [2.75, 3.05) is 11.9 Å². The molecule has 6 nitrogen and oxygen atoms in total. The molecule has 3 rings (SSSR count). The van der Waals surface area contributed by atoms with Crippen LogP contribution < -0.4 is 20.1 Å². The van der Waals surface area contributed by atoms with Gasteiger partial charge < -0.3 is 20.1 Å². The van der Waals surface area contributed by atoms with E-state index in [1.807, 2.05) is 61.5 Å². The van der Waals surface area contributed by atoms with Crippen LogP contribution in [0.5, 0.6) is 17.2 Å². The van der Waals surface area contributed by atoms with Gasteiger partial charge in [-0.05, 0) is 61.0 Å². The van der Waals surface area contributed by atoms with Crippen molar-refractivity contribution in [2.24, 2.45) is 0 Å². The molecule has 0 radical (unpaired) electrons. The number of carbonyl (C=O) groups excluding carboxylic acids is 2. The van der Waals surface area contributed by atoms with Crippen LogP contribution in [0, 0.1) is 0 Å². The molecule has 3 aromatic carbocycles. The van der Waals surface area contributed by atoms with E-state index in [-0.39, 0.29) is 24.5 Å². The highest BCUT2D eigenvalue weighted by atomic mass is 16.5. The molecule has 0 aliphatic heterocycles. The number of hydrogen-bond acceptors (Lipinski definition) is 4. The number of hydrogen-bond donors (Lipinski definition) is 2. The minimum Gasteiger partial charge on any atom is -0.484 e. The SMILES string of the molecule is CCC(=O)Nc1ccc(C(C)NC(=O)COc2ccc(Oc3ccccc3)cc2)cc1. The lowest BCUT2D eigenvalue weighted by atomic mass is 10.1. The van der Waals surface area contributed by atoms with Crippen LogP contribution in [-0.4, -0.2) is 18.4 Å². The lowest BCUT2D eigenvalue weighted by Gasteiger charge is -2.15. The molecule has 0 fully saturated rings. The van der Waals surface area contributed by atoms with Crippen LogP contribution in [0.4, 0.5) is 5.69 Å². The van der Waals surface area contributed by atoms with E-state index in [9.17, 15) is 9.59 Å². The zero-order chi connectivity index (χ0) is 22.1. The fourth-order valence-electron chi connectivity index (χ4n) is 2.85. The third-order valence-corrected chi connectivity index (χ3v) is 4.57. The zero-order valence-electron chi connectivity index (χ0n) is 17.6. The maximum absolute atomic E-state index is 12.2. The molecular formula is C25H26N2O4. The van der Waals surface area contributed by atoms with Gasteiger partial charge in [0.2, 0.25) is 5.91 Å². The summed E-state index contributed by atoms with van der Waals surface area (Å²) >= 11 is 0. The molecule has 0 bridgehead atoms. The van der Waals surface area contributed by atoms with E-state index in [4.69, 9.17) is 9.47 Å². The van der Waals surface area contributed by atoms with Gasteiger partial charge in [-0.1, -0.05) is 37.3 Å². The van der Waals surface area contributed by atoms with Crippen LogP contribution in [0.15, 0.2) is 78.9 Å². The molecular weight excluding hydrogens is 392 g/mol. The first-order valence-electron chi connectivity index (χ1n) is 10.2. The smallest absolute Gasteiger partial charge is 0.258 e. The van der Waals surface area contributed by atoms with Crippen molar-refractivity contribution in [1.29, 1.82) is 0 Å². The topological polar surface area (TPSA) is 76.7 Å². The fraction of sp³-hybridized carbons (Fsp3) is 0.200. The quantitative estimate of drug-likeness (QED) is 0.508. The molecule has 0 heterocycles. The molecule has 0 saturated carbocycles. The highest BCUT2D eigenvalue weighted by Gasteiger charge is 2.11. The van der Waals surface area contributed by atoms with Gasteiger partial charge in [-0.15, -0.1) is 0 Å². The van der Waals surface area contributed by atoms with Gasteiger partial charge in [0.25, 0.3) is 5.91 Å². The van der Waals surface area contributed by atoms with Crippen LogP contribution in [0.3, 0.4) is 0 Å². The summed E-state index contributed by atoms with van der Waals surface area (Å²) in [4.78, 5) is 23.7. The minimum atomic E-state index is -0.222. The van der Waals surface area contributed by atoms with Gasteiger partial charge in [-0.2, -0.15) is 0 Å². The van der Waals surface area contributed by atoms with Gasteiger partial charge in [-0.25, -0.2) is 0 Å². The highest BCUT2D eigenvalue weighted by Crippen LogP contribution is 2.23. The van der Waals surface area contributed by atoms with Crippen molar-refractivity contribution in [2.45, 2.75) is 26.3 Å². The molecule has 2 N–H and O–H groups in total. The molecule has 0 aliphatic carbocycles. The molecule has 0 aromatic heterocycles. The average molecular weight is 418 g/mol. The minimum absolute atomic E-state index is 0.0362. The van der Waals surface area contributed by atoms with Gasteiger partial charge in [0.1, 0.15) is 17.2 Å². The normalized spacial score (nSPS) is 11.3. The zero-order valence-corrected chi connectivity index (χ0v) is 17.6. The van der Waals surface area contributed by atoms with Crippen LogP contribution in [0.1, 0.15) is 31.9 Å². The van der Waals surface area contributed by atoms with E-state index in [1.54, 1.807) is 31.2 Å². The lowest BCUT2D eigenvalue weighted by molar-refractivity contribution is -0.123. The Bertz CT molecular complexity index is 986. The number of rotatable bonds is 9. The predicted molar refractivity (Wildman–Crippen MR) is 120 cm³/mol. The Labute approximate surface area is 182 Å². The molecule has 1 atom stereocenters. The van der Waals surface area contributed by atoms with Crippen molar-refractivity contribution < 1.29 is 19.1 Å². The first-order chi connectivity index (χ1) is 15.0. The van der Waals surface area contributed by atoms with Gasteiger partial charge in [0, 0.05) is 12.1 Å². The molecule has 0 spiro atoms. The summed E-state index contributed by atoms with van der Waals surface area (Å²) in [5, 5.41) is 5.71. The van der Waals surface area contributed by atoms with Crippen molar-refractivity contribution in [1.82, 2.24) is 5.32 Å². The van der Waals surface area contributed by atoms with Crippen LogP contribution in [-0.2, 0) is 9.59 Å². The summed E-state index contributed by atoms with van der Waals surface area (Å²) in [7, 11) is 0. The van der Waals surface area contributed by atoms with Crippen LogP contribution in [0.2, 0.25) is 0 Å².